The third kappa shape index (κ3) is 8.01. The van der Waals surface area contributed by atoms with Crippen LogP contribution in [0.25, 0.3) is 44.8 Å². The summed E-state index contributed by atoms with van der Waals surface area (Å²) >= 11 is 0. The number of hydrogen-bond donors (Lipinski definition) is 5. The van der Waals surface area contributed by atoms with Gasteiger partial charge in [-0.05, 0) is 107 Å². The van der Waals surface area contributed by atoms with Gasteiger partial charge in [0.25, 0.3) is 11.8 Å². The van der Waals surface area contributed by atoms with Crippen LogP contribution in [0.5, 0.6) is 0 Å². The quantitative estimate of drug-likeness (QED) is 0.129. The molecular weight excluding hydrogens is 614 g/mol. The van der Waals surface area contributed by atoms with Gasteiger partial charge in [0.05, 0.1) is 22.1 Å². The van der Waals surface area contributed by atoms with Crippen LogP contribution in [0.2, 0.25) is 0 Å². The molecule has 49 heavy (non-hydrogen) atoms. The number of aromatic nitrogens is 4. The van der Waals surface area contributed by atoms with Gasteiger partial charge in [-0.25, -0.2) is 9.97 Å². The number of likely N-dealkylation sites (tertiary alicyclic amines) is 2. The van der Waals surface area contributed by atoms with Gasteiger partial charge >= 0.3 is 0 Å². The highest BCUT2D eigenvalue weighted by Gasteiger charge is 2.19. The minimum Gasteiger partial charge on any atom is -0.351 e. The summed E-state index contributed by atoms with van der Waals surface area (Å²) in [6, 6.07) is 19.2. The van der Waals surface area contributed by atoms with E-state index in [-0.39, 0.29) is 11.8 Å². The summed E-state index contributed by atoms with van der Waals surface area (Å²) < 4.78 is 0. The van der Waals surface area contributed by atoms with Crippen LogP contribution >= 0.6 is 0 Å². The fourth-order valence-electron chi connectivity index (χ4n) is 7.14. The standard InChI is InChI=1S/C38H47N9O2/c39-15-12-26-13-20-47(21-14-26)23-17-41-38(49)30-9-11-32-34(25-30)45-36(43-32)28-6-4-27(5-7-28)35-42-31-10-8-29(24-33(31)44-35)37(48)40-16-22-46-18-2-1-3-19-46/h4-11,24-26H,1-3,12-23,39H2,(H,40,48)(H,41,49)(H,42,44)(H,43,45). The molecule has 0 unspecified atom stereocenters. The van der Waals surface area contributed by atoms with Crippen molar-refractivity contribution < 1.29 is 9.59 Å². The number of nitrogens with two attached hydrogens (primary N) is 1. The molecule has 11 heteroatoms. The third-order valence-electron chi connectivity index (χ3n) is 10.1. The van der Waals surface area contributed by atoms with Crippen molar-refractivity contribution in [2.45, 2.75) is 38.5 Å². The van der Waals surface area contributed by atoms with Gasteiger partial charge in [-0.1, -0.05) is 30.7 Å². The molecule has 2 saturated heterocycles. The van der Waals surface area contributed by atoms with Crippen LogP contribution in [0.15, 0.2) is 60.7 Å². The van der Waals surface area contributed by atoms with Gasteiger partial charge in [0, 0.05) is 48.4 Å². The molecule has 256 valence electrons. The maximum absolute atomic E-state index is 12.9. The number of nitrogens with one attached hydrogen (secondary N) is 4. The summed E-state index contributed by atoms with van der Waals surface area (Å²) in [5.41, 5.74) is 12.1. The number of piperidine rings is 2. The van der Waals surface area contributed by atoms with Crippen molar-refractivity contribution >= 4 is 33.9 Å². The monoisotopic (exact) mass is 661 g/mol. The summed E-state index contributed by atoms with van der Waals surface area (Å²) in [5.74, 6) is 2.07. The number of H-pyrrole nitrogens is 2. The van der Waals surface area contributed by atoms with Crippen LogP contribution in [0.1, 0.15) is 59.2 Å². The number of amides is 2. The largest absolute Gasteiger partial charge is 0.351 e. The first kappa shape index (κ1) is 32.9. The summed E-state index contributed by atoms with van der Waals surface area (Å²) in [5, 5.41) is 6.14. The van der Waals surface area contributed by atoms with Crippen LogP contribution < -0.4 is 16.4 Å². The Kier molecular flexibility index (Phi) is 10.3. The number of aromatic amines is 2. The molecule has 0 aliphatic carbocycles. The fraction of sp³-hybridized carbons (Fsp3) is 0.421. The fourth-order valence-corrected chi connectivity index (χ4v) is 7.14. The third-order valence-corrected chi connectivity index (χ3v) is 10.1. The average molecular weight is 662 g/mol. The predicted molar refractivity (Wildman–Crippen MR) is 194 cm³/mol. The first-order valence-corrected chi connectivity index (χ1v) is 17.8. The van der Waals surface area contributed by atoms with Crippen molar-refractivity contribution in [3.05, 3.63) is 71.8 Å². The minimum absolute atomic E-state index is 0.0666. The van der Waals surface area contributed by atoms with Crippen LogP contribution in [0.4, 0.5) is 0 Å². The molecule has 7 rings (SSSR count). The summed E-state index contributed by atoms with van der Waals surface area (Å²) in [6.07, 6.45) is 7.28. The zero-order chi connectivity index (χ0) is 33.6. The molecule has 4 heterocycles. The molecule has 0 spiro atoms. The second kappa shape index (κ2) is 15.3. The number of rotatable bonds is 12. The molecule has 3 aromatic carbocycles. The van der Waals surface area contributed by atoms with Gasteiger partial charge in [-0.2, -0.15) is 0 Å². The molecule has 0 saturated carbocycles. The number of carbonyl (C=O) groups excluding carboxylic acids is 2. The highest BCUT2D eigenvalue weighted by Crippen LogP contribution is 2.26. The lowest BCUT2D eigenvalue weighted by atomic mass is 9.94. The van der Waals surface area contributed by atoms with Gasteiger partial charge in [0.15, 0.2) is 0 Å². The lowest BCUT2D eigenvalue weighted by molar-refractivity contribution is 0.0937. The maximum Gasteiger partial charge on any atom is 0.251 e. The van der Waals surface area contributed by atoms with Crippen LogP contribution in [0.3, 0.4) is 0 Å². The number of fused-ring (bicyclic) bond motifs is 2. The van der Waals surface area contributed by atoms with Crippen molar-refractivity contribution in [1.29, 1.82) is 0 Å². The topological polar surface area (TPSA) is 148 Å². The summed E-state index contributed by atoms with van der Waals surface area (Å²) in [7, 11) is 0. The Bertz CT molecular complexity index is 1880. The van der Waals surface area contributed by atoms with E-state index in [0.29, 0.717) is 24.2 Å². The van der Waals surface area contributed by atoms with Crippen molar-refractivity contribution in [2.75, 3.05) is 58.9 Å². The Morgan fingerprint density at radius 2 is 1.18 bits per heavy atom. The van der Waals surface area contributed by atoms with Gasteiger partial charge in [-0.3, -0.25) is 9.59 Å². The van der Waals surface area contributed by atoms with Gasteiger partial charge < -0.3 is 36.1 Å². The number of nitrogens with zero attached hydrogens (tertiary/aromatic N) is 4. The van der Waals surface area contributed by atoms with Crippen molar-refractivity contribution in [1.82, 2.24) is 40.4 Å². The van der Waals surface area contributed by atoms with E-state index in [9.17, 15) is 9.59 Å². The number of benzene rings is 3. The zero-order valence-corrected chi connectivity index (χ0v) is 28.1. The molecule has 2 aromatic heterocycles. The Balaban J connectivity index is 0.945. The maximum atomic E-state index is 12.9. The van der Waals surface area contributed by atoms with Crippen molar-refractivity contribution in [3.8, 4) is 22.8 Å². The van der Waals surface area contributed by atoms with Crippen LogP contribution in [-0.2, 0) is 0 Å². The molecular formula is C38H47N9O2. The first-order chi connectivity index (χ1) is 24.0. The average Bonchev–Trinajstić information content (AvgIpc) is 3.77. The molecule has 0 atom stereocenters. The molecule has 0 radical (unpaired) electrons. The molecule has 11 nitrogen and oxygen atoms in total. The first-order valence-electron chi connectivity index (χ1n) is 17.8. The number of hydrogen-bond acceptors (Lipinski definition) is 7. The van der Waals surface area contributed by atoms with E-state index < -0.39 is 0 Å². The molecule has 5 aromatic rings. The zero-order valence-electron chi connectivity index (χ0n) is 28.1. The van der Waals surface area contributed by atoms with Crippen LogP contribution in [0, 0.1) is 5.92 Å². The van der Waals surface area contributed by atoms with Crippen molar-refractivity contribution in [3.63, 3.8) is 0 Å². The number of carbonyl (C=O) groups is 2. The molecule has 2 fully saturated rings. The smallest absolute Gasteiger partial charge is 0.251 e. The normalized spacial score (nSPS) is 16.3. The second-order valence-corrected chi connectivity index (χ2v) is 13.5. The highest BCUT2D eigenvalue weighted by molar-refractivity contribution is 5.98. The molecule has 0 bridgehead atoms. The van der Waals surface area contributed by atoms with E-state index in [1.54, 1.807) is 0 Å². The Morgan fingerprint density at radius 3 is 1.67 bits per heavy atom. The highest BCUT2D eigenvalue weighted by atomic mass is 16.2. The van der Waals surface area contributed by atoms with Gasteiger partial charge in [-0.15, -0.1) is 0 Å². The lowest BCUT2D eigenvalue weighted by Crippen LogP contribution is -2.39. The molecule has 6 N–H and O–H groups in total. The molecule has 2 aliphatic heterocycles. The Hall–Kier alpha value is -4.58. The Labute approximate surface area is 287 Å². The van der Waals surface area contributed by atoms with Crippen molar-refractivity contribution in [2.24, 2.45) is 11.7 Å². The van der Waals surface area contributed by atoms with E-state index in [2.05, 4.69) is 30.4 Å². The van der Waals surface area contributed by atoms with Gasteiger partial charge in [0.1, 0.15) is 11.6 Å². The predicted octanol–water partition coefficient (Wildman–Crippen LogP) is 4.78. The van der Waals surface area contributed by atoms with E-state index in [4.69, 9.17) is 15.7 Å². The molecule has 2 aliphatic rings. The summed E-state index contributed by atoms with van der Waals surface area (Å²) in [4.78, 5) is 46.9. The lowest BCUT2D eigenvalue weighted by Gasteiger charge is -2.31. The minimum atomic E-state index is -0.0770. The van der Waals surface area contributed by atoms with Crippen LogP contribution in [-0.4, -0.2) is 100 Å². The van der Waals surface area contributed by atoms with Gasteiger partial charge in [0.2, 0.25) is 0 Å². The SMILES string of the molecule is NCCC1CCN(CCNC(=O)c2ccc3nc(-c4ccc(-c5nc6ccc(C(=O)NCCN7CCCCC7)cc6[nH]5)cc4)[nH]c3c2)CC1. The summed E-state index contributed by atoms with van der Waals surface area (Å²) in [6.45, 7) is 8.17. The Morgan fingerprint density at radius 1 is 0.694 bits per heavy atom. The molecule has 2 amide bonds. The number of imidazole rings is 2. The van der Waals surface area contributed by atoms with E-state index in [1.807, 2.05) is 60.7 Å². The second-order valence-electron chi connectivity index (χ2n) is 13.5. The van der Waals surface area contributed by atoms with E-state index >= 15 is 0 Å². The van der Waals surface area contributed by atoms with E-state index in [0.717, 1.165) is 103 Å². The van der Waals surface area contributed by atoms with E-state index in [1.165, 1.54) is 32.1 Å².